The first kappa shape index (κ1) is 28.3. The van der Waals surface area contributed by atoms with Gasteiger partial charge in [-0.25, -0.2) is 9.97 Å². The van der Waals surface area contributed by atoms with Gasteiger partial charge in [-0.15, -0.1) is 0 Å². The van der Waals surface area contributed by atoms with Crippen molar-refractivity contribution in [1.82, 2.24) is 24.4 Å². The van der Waals surface area contributed by atoms with E-state index in [2.05, 4.69) is 51.9 Å². The van der Waals surface area contributed by atoms with Crippen LogP contribution in [0.5, 0.6) is 0 Å². The summed E-state index contributed by atoms with van der Waals surface area (Å²) in [6.07, 6.45) is 8.16. The molecule has 2 aliphatic heterocycles. The first-order chi connectivity index (χ1) is 21.2. The maximum atomic E-state index is 13.9. The van der Waals surface area contributed by atoms with Crippen molar-refractivity contribution in [2.75, 3.05) is 47.8 Å². The van der Waals surface area contributed by atoms with Crippen molar-refractivity contribution in [2.45, 2.75) is 46.6 Å². The summed E-state index contributed by atoms with van der Waals surface area (Å²) >= 11 is 0. The number of amides is 1. The maximum absolute atomic E-state index is 13.9. The Morgan fingerprint density at radius 1 is 1.00 bits per heavy atom. The third-order valence-electron chi connectivity index (χ3n) is 9.25. The molecule has 4 aromatic heterocycles. The van der Waals surface area contributed by atoms with E-state index in [1.165, 1.54) is 11.3 Å². The number of piperazine rings is 1. The number of carbonyl (C=O) groups excluding carboxylic acids is 1. The fraction of sp³-hybridized carbons (Fsp3) is 0.412. The molecule has 1 amide bonds. The Morgan fingerprint density at radius 3 is 2.57 bits per heavy atom. The molecule has 0 radical (unpaired) electrons. The minimum atomic E-state index is -0.141. The zero-order valence-corrected chi connectivity index (χ0v) is 26.0. The predicted octanol–water partition coefficient (Wildman–Crippen LogP) is 4.14. The Morgan fingerprint density at radius 2 is 1.82 bits per heavy atom. The second kappa shape index (κ2) is 10.9. The fourth-order valence-corrected chi connectivity index (χ4v) is 7.10. The third-order valence-corrected chi connectivity index (χ3v) is 9.25. The first-order valence-electron chi connectivity index (χ1n) is 15.6. The quantitative estimate of drug-likeness (QED) is 0.347. The second-order valence-electron chi connectivity index (χ2n) is 13.0. The summed E-state index contributed by atoms with van der Waals surface area (Å²) < 4.78 is 3.82. The normalized spacial score (nSPS) is 17.5. The van der Waals surface area contributed by atoms with Gasteiger partial charge in [0.15, 0.2) is 0 Å². The highest BCUT2D eigenvalue weighted by Gasteiger charge is 2.37. The molecule has 10 nitrogen and oxygen atoms in total. The van der Waals surface area contributed by atoms with E-state index in [-0.39, 0.29) is 16.9 Å². The molecule has 3 aliphatic rings. The largest absolute Gasteiger partial charge is 0.368 e. The molecule has 0 atom stereocenters. The molecular formula is C34H40N8O2. The zero-order valence-electron chi connectivity index (χ0n) is 26.0. The van der Waals surface area contributed by atoms with Crippen LogP contribution in [0, 0.1) is 5.41 Å². The summed E-state index contributed by atoms with van der Waals surface area (Å²) in [5, 5.41) is 6.62. The average Bonchev–Trinajstić information content (AvgIpc) is 3.52. The van der Waals surface area contributed by atoms with Gasteiger partial charge >= 0.3 is 0 Å². The second-order valence-corrected chi connectivity index (χ2v) is 13.0. The summed E-state index contributed by atoms with van der Waals surface area (Å²) in [7, 11) is 1.76. The Kier molecular flexibility index (Phi) is 7.04. The standard InChI is InChI=1S/C34H40N8O2/c1-5-25-26(8-9-36-31(25)42-15-14-41-28(33(42)44)17-22-18-34(2,3)19-29(22)41)23-16-27(32(43)39(4)21-23)38-30-7-6-24(20-37-30)40-12-10-35-11-13-40/h6-9,16-17,20-21,35H,5,10-15,18-19H2,1-4H3,(H,37,38). The molecule has 0 saturated carbocycles. The number of aryl methyl sites for hydroxylation is 1. The Bertz CT molecular complexity index is 1800. The van der Waals surface area contributed by atoms with Crippen molar-refractivity contribution in [3.05, 3.63) is 81.8 Å². The monoisotopic (exact) mass is 592 g/mol. The minimum Gasteiger partial charge on any atom is -0.368 e. The molecule has 1 fully saturated rings. The van der Waals surface area contributed by atoms with Crippen LogP contribution in [0.3, 0.4) is 0 Å². The van der Waals surface area contributed by atoms with Crippen molar-refractivity contribution < 1.29 is 4.79 Å². The van der Waals surface area contributed by atoms with E-state index in [0.717, 1.165) is 73.6 Å². The van der Waals surface area contributed by atoms with Crippen LogP contribution < -0.4 is 26.0 Å². The lowest BCUT2D eigenvalue weighted by molar-refractivity contribution is 0.0963. The van der Waals surface area contributed by atoms with E-state index in [4.69, 9.17) is 4.98 Å². The molecule has 2 N–H and O–H groups in total. The molecule has 228 valence electrons. The number of hydrogen-bond acceptors (Lipinski definition) is 7. The van der Waals surface area contributed by atoms with E-state index in [0.29, 0.717) is 30.3 Å². The van der Waals surface area contributed by atoms with Gasteiger partial charge in [0.1, 0.15) is 23.0 Å². The molecule has 7 rings (SSSR count). The predicted molar refractivity (Wildman–Crippen MR) is 174 cm³/mol. The Balaban J connectivity index is 1.18. The van der Waals surface area contributed by atoms with Gasteiger partial charge in [0.05, 0.1) is 11.9 Å². The van der Waals surface area contributed by atoms with Crippen molar-refractivity contribution >= 4 is 28.9 Å². The van der Waals surface area contributed by atoms with Gasteiger partial charge < -0.3 is 24.7 Å². The lowest BCUT2D eigenvalue weighted by Crippen LogP contribution is -2.43. The topological polar surface area (TPSA) is 100 Å². The zero-order chi connectivity index (χ0) is 30.6. The van der Waals surface area contributed by atoms with Crippen LogP contribution in [0.25, 0.3) is 11.1 Å². The number of carbonyl (C=O) groups is 1. The summed E-state index contributed by atoms with van der Waals surface area (Å²) in [4.78, 5) is 40.6. The Labute approximate surface area is 257 Å². The van der Waals surface area contributed by atoms with E-state index in [1.807, 2.05) is 41.6 Å². The van der Waals surface area contributed by atoms with Gasteiger partial charge in [0.25, 0.3) is 11.5 Å². The molecule has 0 bridgehead atoms. The number of nitrogens with zero attached hydrogens (tertiary/aromatic N) is 6. The van der Waals surface area contributed by atoms with Crippen molar-refractivity contribution in [1.29, 1.82) is 0 Å². The van der Waals surface area contributed by atoms with Crippen molar-refractivity contribution in [2.24, 2.45) is 12.5 Å². The van der Waals surface area contributed by atoms with Crippen LogP contribution in [0.15, 0.2) is 53.7 Å². The molecule has 0 spiro atoms. The first-order valence-corrected chi connectivity index (χ1v) is 15.6. The molecule has 4 aromatic rings. The summed E-state index contributed by atoms with van der Waals surface area (Å²) in [6.45, 7) is 11.8. The summed E-state index contributed by atoms with van der Waals surface area (Å²) in [6, 6.07) is 9.91. The highest BCUT2D eigenvalue weighted by atomic mass is 16.2. The van der Waals surface area contributed by atoms with Gasteiger partial charge in [-0.3, -0.25) is 14.5 Å². The third kappa shape index (κ3) is 4.96. The molecule has 1 aliphatic carbocycles. The highest BCUT2D eigenvalue weighted by Crippen LogP contribution is 2.40. The average molecular weight is 593 g/mol. The smallest absolute Gasteiger partial charge is 0.276 e. The number of anilines is 4. The lowest BCUT2D eigenvalue weighted by atomic mass is 9.90. The molecule has 6 heterocycles. The molecule has 10 heteroatoms. The number of pyridine rings is 3. The number of hydrogen-bond donors (Lipinski definition) is 2. The summed E-state index contributed by atoms with van der Waals surface area (Å²) in [5.41, 5.74) is 7.80. The maximum Gasteiger partial charge on any atom is 0.276 e. The van der Waals surface area contributed by atoms with Gasteiger partial charge in [0, 0.05) is 75.5 Å². The number of fused-ring (bicyclic) bond motifs is 3. The number of nitrogens with one attached hydrogen (secondary N) is 2. The van der Waals surface area contributed by atoms with Crippen LogP contribution in [0.2, 0.25) is 0 Å². The summed E-state index contributed by atoms with van der Waals surface area (Å²) in [5.74, 6) is 1.30. The SMILES string of the molecule is CCc1c(-c2cc(Nc3ccc(N4CCNCC4)cn3)c(=O)n(C)c2)ccnc1N1CCn2c(cc3c2CC(C)(C)C3)C1=O. The molecule has 1 saturated heterocycles. The van der Waals surface area contributed by atoms with E-state index in [9.17, 15) is 9.59 Å². The van der Waals surface area contributed by atoms with Gasteiger partial charge in [0.2, 0.25) is 0 Å². The van der Waals surface area contributed by atoms with Crippen LogP contribution in [0.4, 0.5) is 23.0 Å². The van der Waals surface area contributed by atoms with Crippen LogP contribution in [-0.2, 0) is 32.9 Å². The molecule has 0 aromatic carbocycles. The highest BCUT2D eigenvalue weighted by molar-refractivity contribution is 6.06. The lowest BCUT2D eigenvalue weighted by Gasteiger charge is -2.31. The van der Waals surface area contributed by atoms with E-state index in [1.54, 1.807) is 17.8 Å². The number of rotatable bonds is 6. The number of aromatic nitrogens is 4. The minimum absolute atomic E-state index is 0.000890. The van der Waals surface area contributed by atoms with Crippen molar-refractivity contribution in [3.8, 4) is 11.1 Å². The Hall–Kier alpha value is -4.44. The van der Waals surface area contributed by atoms with E-state index < -0.39 is 0 Å². The van der Waals surface area contributed by atoms with Crippen molar-refractivity contribution in [3.63, 3.8) is 0 Å². The molecular weight excluding hydrogens is 552 g/mol. The van der Waals surface area contributed by atoms with Crippen LogP contribution in [0.1, 0.15) is 48.1 Å². The molecule has 44 heavy (non-hydrogen) atoms. The van der Waals surface area contributed by atoms with Gasteiger partial charge in [-0.2, -0.15) is 0 Å². The van der Waals surface area contributed by atoms with Gasteiger partial charge in [-0.1, -0.05) is 20.8 Å². The van der Waals surface area contributed by atoms with Gasteiger partial charge in [-0.05, 0) is 66.1 Å². The van der Waals surface area contributed by atoms with E-state index >= 15 is 0 Å². The van der Waals surface area contributed by atoms with Crippen LogP contribution >= 0.6 is 0 Å². The molecule has 0 unspecified atom stereocenters. The van der Waals surface area contributed by atoms with Crippen LogP contribution in [-0.4, -0.2) is 57.7 Å². The fourth-order valence-electron chi connectivity index (χ4n) is 7.10.